The lowest BCUT2D eigenvalue weighted by atomic mass is 9.90. The number of H-pyrrole nitrogens is 2. The number of hydrogen-bond acceptors (Lipinski definition) is 4. The Kier molecular flexibility index (Phi) is 5.92. The van der Waals surface area contributed by atoms with Gasteiger partial charge in [-0.1, -0.05) is 57.7 Å². The van der Waals surface area contributed by atoms with E-state index in [1.165, 1.54) is 18.5 Å². The Morgan fingerprint density at radius 3 is 2.48 bits per heavy atom. The van der Waals surface area contributed by atoms with E-state index in [-0.39, 0.29) is 28.2 Å². The maximum Gasteiger partial charge on any atom is 0.332 e. The molecule has 3 rings (SSSR count). The standard InChI is InChI=1S/C23H24N4O4/c1-14(22(30)31)12-27-18(10-15-8-6-5-7-9-15)20(28)26-17(21(27)29)11-16-19(23(2,3)4)25-13-24-16/h5-11,13H,1,12H2,2-4H3,(H,24,25)(H,26,28)(H,30,31)/b17-11-,18-10-. The van der Waals surface area contributed by atoms with E-state index >= 15 is 0 Å². The molecule has 0 radical (unpaired) electrons. The van der Waals surface area contributed by atoms with Crippen LogP contribution >= 0.6 is 0 Å². The van der Waals surface area contributed by atoms with Gasteiger partial charge in [-0.05, 0) is 17.7 Å². The Hall–Kier alpha value is -3.94. The van der Waals surface area contributed by atoms with Crippen LogP contribution in [0.3, 0.4) is 0 Å². The predicted molar refractivity (Wildman–Crippen MR) is 118 cm³/mol. The summed E-state index contributed by atoms with van der Waals surface area (Å²) in [4.78, 5) is 47.4. The first-order chi connectivity index (χ1) is 14.6. The Labute approximate surface area is 177 Å². The molecule has 31 heavy (non-hydrogen) atoms. The van der Waals surface area contributed by atoms with Crippen molar-refractivity contribution in [1.29, 1.82) is 0 Å². The fourth-order valence-electron chi connectivity index (χ4n) is 3.13. The number of benzene rings is 1. The first-order valence-electron chi connectivity index (χ1n) is 9.64. The van der Waals surface area contributed by atoms with Gasteiger partial charge in [-0.2, -0.15) is 0 Å². The molecule has 8 nitrogen and oxygen atoms in total. The molecule has 160 valence electrons. The number of rotatable bonds is 5. The molecule has 2 aromatic heterocycles. The van der Waals surface area contributed by atoms with Crippen LogP contribution in [0.25, 0.3) is 12.2 Å². The van der Waals surface area contributed by atoms with Crippen LogP contribution in [0.15, 0.2) is 58.4 Å². The molecule has 0 bridgehead atoms. The van der Waals surface area contributed by atoms with E-state index in [1.807, 2.05) is 26.8 Å². The van der Waals surface area contributed by atoms with E-state index in [0.29, 0.717) is 11.3 Å². The molecule has 0 fully saturated rings. The zero-order chi connectivity index (χ0) is 22.8. The lowest BCUT2D eigenvalue weighted by Crippen LogP contribution is -2.53. The number of aromatic amines is 2. The zero-order valence-corrected chi connectivity index (χ0v) is 17.6. The summed E-state index contributed by atoms with van der Waals surface area (Å²) < 4.78 is 1.12. The minimum atomic E-state index is -1.24. The monoisotopic (exact) mass is 420 g/mol. The van der Waals surface area contributed by atoms with Gasteiger partial charge in [0, 0.05) is 16.7 Å². The maximum absolute atomic E-state index is 13.2. The minimum Gasteiger partial charge on any atom is -0.478 e. The maximum atomic E-state index is 13.2. The summed E-state index contributed by atoms with van der Waals surface area (Å²) in [6.07, 6.45) is 4.55. The van der Waals surface area contributed by atoms with Crippen molar-refractivity contribution in [2.45, 2.75) is 32.7 Å². The number of imidazole rings is 1. The van der Waals surface area contributed by atoms with E-state index in [0.717, 1.165) is 10.3 Å². The van der Waals surface area contributed by atoms with Crippen molar-refractivity contribution in [3.8, 4) is 0 Å². The van der Waals surface area contributed by atoms with Crippen molar-refractivity contribution in [3.63, 3.8) is 0 Å². The SMILES string of the molecule is C=C(Cn1c(=O)/c(=C/c2nc[nH]c2C(C)(C)C)[nH]c(=O)/c1=C/c1ccccc1)C(=O)O. The molecule has 0 amide bonds. The van der Waals surface area contributed by atoms with E-state index in [2.05, 4.69) is 21.5 Å². The summed E-state index contributed by atoms with van der Waals surface area (Å²) in [7, 11) is 0. The summed E-state index contributed by atoms with van der Waals surface area (Å²) in [6.45, 7) is 9.16. The Bertz CT molecular complexity index is 1370. The van der Waals surface area contributed by atoms with Crippen molar-refractivity contribution < 1.29 is 9.90 Å². The summed E-state index contributed by atoms with van der Waals surface area (Å²) in [5.74, 6) is -1.24. The molecule has 1 aromatic carbocycles. The topological polar surface area (TPSA) is 121 Å². The smallest absolute Gasteiger partial charge is 0.332 e. The van der Waals surface area contributed by atoms with Crippen LogP contribution in [-0.4, -0.2) is 30.6 Å². The van der Waals surface area contributed by atoms with Crippen LogP contribution in [0.1, 0.15) is 37.7 Å². The normalized spacial score (nSPS) is 12.9. The second-order valence-corrected chi connectivity index (χ2v) is 8.17. The largest absolute Gasteiger partial charge is 0.478 e. The van der Waals surface area contributed by atoms with Crippen molar-refractivity contribution in [2.24, 2.45) is 0 Å². The third-order valence-corrected chi connectivity index (χ3v) is 4.70. The van der Waals surface area contributed by atoms with Gasteiger partial charge in [0.1, 0.15) is 10.7 Å². The van der Waals surface area contributed by atoms with Gasteiger partial charge in [0.25, 0.3) is 11.1 Å². The summed E-state index contributed by atoms with van der Waals surface area (Å²) in [5, 5.41) is 9.30. The van der Waals surface area contributed by atoms with E-state index in [9.17, 15) is 19.5 Å². The molecule has 2 heterocycles. The third-order valence-electron chi connectivity index (χ3n) is 4.70. The van der Waals surface area contributed by atoms with E-state index < -0.39 is 17.1 Å². The summed E-state index contributed by atoms with van der Waals surface area (Å²) >= 11 is 0. The summed E-state index contributed by atoms with van der Waals surface area (Å²) in [5.41, 5.74) is 0.462. The molecule has 8 heteroatoms. The molecule has 0 atom stereocenters. The number of nitrogens with zero attached hydrogens (tertiary/aromatic N) is 2. The van der Waals surface area contributed by atoms with Gasteiger partial charge in [0.2, 0.25) is 0 Å². The van der Waals surface area contributed by atoms with Crippen LogP contribution in [0.5, 0.6) is 0 Å². The fraction of sp³-hybridized carbons (Fsp3) is 0.217. The first kappa shape index (κ1) is 21.8. The molecule has 0 saturated carbocycles. The van der Waals surface area contributed by atoms with Crippen LogP contribution in [0.2, 0.25) is 0 Å². The van der Waals surface area contributed by atoms with Crippen molar-refractivity contribution in [1.82, 2.24) is 19.5 Å². The zero-order valence-electron chi connectivity index (χ0n) is 17.6. The molecule has 0 saturated heterocycles. The first-order valence-corrected chi connectivity index (χ1v) is 9.64. The molecule has 0 spiro atoms. The number of hydrogen-bond donors (Lipinski definition) is 3. The minimum absolute atomic E-state index is 0.00556. The van der Waals surface area contributed by atoms with Gasteiger partial charge in [-0.25, -0.2) is 9.78 Å². The number of aromatic nitrogens is 4. The van der Waals surface area contributed by atoms with Gasteiger partial charge in [0.05, 0.1) is 18.6 Å². The van der Waals surface area contributed by atoms with Crippen LogP contribution in [-0.2, 0) is 16.8 Å². The molecule has 0 aliphatic carbocycles. The average molecular weight is 420 g/mol. The Morgan fingerprint density at radius 2 is 1.87 bits per heavy atom. The second-order valence-electron chi connectivity index (χ2n) is 8.17. The molecule has 0 aliphatic heterocycles. The lowest BCUT2D eigenvalue weighted by molar-refractivity contribution is -0.132. The highest BCUT2D eigenvalue weighted by atomic mass is 16.4. The van der Waals surface area contributed by atoms with Crippen molar-refractivity contribution in [2.75, 3.05) is 0 Å². The van der Waals surface area contributed by atoms with E-state index in [1.54, 1.807) is 24.3 Å². The molecular formula is C23H24N4O4. The van der Waals surface area contributed by atoms with Crippen molar-refractivity contribution in [3.05, 3.63) is 97.2 Å². The lowest BCUT2D eigenvalue weighted by Gasteiger charge is -2.17. The number of carboxylic acid groups (broad SMARTS) is 1. The van der Waals surface area contributed by atoms with Gasteiger partial charge < -0.3 is 15.1 Å². The van der Waals surface area contributed by atoms with Gasteiger partial charge >= 0.3 is 5.97 Å². The van der Waals surface area contributed by atoms with Gasteiger partial charge in [-0.15, -0.1) is 0 Å². The highest BCUT2D eigenvalue weighted by Crippen LogP contribution is 2.22. The fourth-order valence-corrected chi connectivity index (χ4v) is 3.13. The molecular weight excluding hydrogens is 396 g/mol. The van der Waals surface area contributed by atoms with Crippen molar-refractivity contribution >= 4 is 18.1 Å². The highest BCUT2D eigenvalue weighted by molar-refractivity contribution is 5.85. The third kappa shape index (κ3) is 4.80. The number of nitrogens with one attached hydrogen (secondary N) is 2. The van der Waals surface area contributed by atoms with Gasteiger partial charge in [-0.3, -0.25) is 14.2 Å². The number of carboxylic acids is 1. The molecule has 0 unspecified atom stereocenters. The molecule has 3 N–H and O–H groups in total. The van der Waals surface area contributed by atoms with Crippen LogP contribution in [0, 0.1) is 0 Å². The Balaban J connectivity index is 2.32. The average Bonchev–Trinajstić information content (AvgIpc) is 3.17. The molecule has 0 aliphatic rings. The highest BCUT2D eigenvalue weighted by Gasteiger charge is 2.19. The predicted octanol–water partition coefficient (Wildman–Crippen LogP) is 0.856. The van der Waals surface area contributed by atoms with Crippen LogP contribution < -0.4 is 21.8 Å². The van der Waals surface area contributed by atoms with Gasteiger partial charge in [0.15, 0.2) is 0 Å². The van der Waals surface area contributed by atoms with E-state index in [4.69, 9.17) is 0 Å². The molecule has 3 aromatic rings. The number of aliphatic carboxylic acids is 1. The number of carbonyl (C=O) groups is 1. The van der Waals surface area contributed by atoms with Crippen LogP contribution in [0.4, 0.5) is 0 Å². The quantitative estimate of drug-likeness (QED) is 0.529. The second kappa shape index (κ2) is 8.43. The summed E-state index contributed by atoms with van der Waals surface area (Å²) in [6, 6.07) is 8.98. The Morgan fingerprint density at radius 1 is 1.19 bits per heavy atom.